The maximum Gasteiger partial charge on any atom is 0.347 e. The first kappa shape index (κ1) is 29.4. The Balaban J connectivity index is 1.41. The normalized spacial score (nSPS) is 20.7. The monoisotopic (exact) mass is 578 g/mol. The molecular formula is C28H36Cl2N4O5. The summed E-state index contributed by atoms with van der Waals surface area (Å²) in [4.78, 5) is 27.9. The van der Waals surface area contributed by atoms with Crippen LogP contribution in [0.25, 0.3) is 0 Å². The lowest BCUT2D eigenvalue weighted by atomic mass is 10.0. The zero-order chi connectivity index (χ0) is 28.3. The Bertz CT molecular complexity index is 1190. The second kappa shape index (κ2) is 12.3. The molecule has 2 aliphatic heterocycles. The number of hydrogen-bond donors (Lipinski definition) is 4. The van der Waals surface area contributed by atoms with Gasteiger partial charge in [0.1, 0.15) is 5.75 Å². The SMILES string of the molecule is CC(=O)Nc1cc(Cl)c(OC(C)(C)C(=O)O)cc1N1CC(NC2CCN(Cc3ccc(Cl)cc3)CC2)[C@H](O)C1. The number of nitrogens with zero attached hydrogens (tertiary/aromatic N) is 2. The first-order valence-corrected chi connectivity index (χ1v) is 13.9. The van der Waals surface area contributed by atoms with Crippen LogP contribution in [0.2, 0.25) is 10.0 Å². The highest BCUT2D eigenvalue weighted by Gasteiger charge is 2.36. The Morgan fingerprint density at radius 2 is 1.77 bits per heavy atom. The zero-order valence-corrected chi connectivity index (χ0v) is 23.9. The molecule has 4 rings (SSSR count). The number of carboxylic acid groups (broad SMARTS) is 1. The highest BCUT2D eigenvalue weighted by atomic mass is 35.5. The largest absolute Gasteiger partial charge is 0.478 e. The maximum absolute atomic E-state index is 11.9. The number of nitrogens with one attached hydrogen (secondary N) is 2. The van der Waals surface area contributed by atoms with E-state index in [1.54, 1.807) is 12.1 Å². The number of aliphatic carboxylic acids is 1. The molecule has 0 spiro atoms. The molecule has 0 aliphatic carbocycles. The van der Waals surface area contributed by atoms with Crippen molar-refractivity contribution in [1.82, 2.24) is 10.2 Å². The fourth-order valence-corrected chi connectivity index (χ4v) is 5.37. The minimum Gasteiger partial charge on any atom is -0.478 e. The van der Waals surface area contributed by atoms with Gasteiger partial charge in [0, 0.05) is 43.7 Å². The number of carboxylic acids is 1. The molecule has 2 aromatic carbocycles. The van der Waals surface area contributed by atoms with Gasteiger partial charge in [-0.3, -0.25) is 9.69 Å². The van der Waals surface area contributed by atoms with E-state index in [9.17, 15) is 19.8 Å². The van der Waals surface area contributed by atoms with Crippen molar-refractivity contribution in [2.24, 2.45) is 0 Å². The first-order chi connectivity index (χ1) is 18.4. The van der Waals surface area contributed by atoms with E-state index in [1.165, 1.54) is 26.3 Å². The van der Waals surface area contributed by atoms with Gasteiger partial charge in [0.2, 0.25) is 5.91 Å². The van der Waals surface area contributed by atoms with E-state index in [0.717, 1.165) is 37.5 Å². The van der Waals surface area contributed by atoms with Crippen LogP contribution in [0.4, 0.5) is 11.4 Å². The lowest BCUT2D eigenvalue weighted by molar-refractivity contribution is -0.152. The number of aliphatic hydroxyl groups is 1. The van der Waals surface area contributed by atoms with Gasteiger partial charge in [-0.25, -0.2) is 4.79 Å². The average molecular weight is 580 g/mol. The average Bonchev–Trinajstić information content (AvgIpc) is 3.22. The van der Waals surface area contributed by atoms with Crippen molar-refractivity contribution in [3.05, 3.63) is 52.0 Å². The van der Waals surface area contributed by atoms with Crippen LogP contribution in [0.5, 0.6) is 5.75 Å². The molecule has 1 unspecified atom stereocenters. The highest BCUT2D eigenvalue weighted by molar-refractivity contribution is 6.32. The Kier molecular flexibility index (Phi) is 9.29. The molecule has 2 fully saturated rings. The van der Waals surface area contributed by atoms with E-state index in [2.05, 4.69) is 27.7 Å². The molecule has 1 amide bonds. The second-order valence-corrected chi connectivity index (χ2v) is 11.7. The number of carbonyl (C=O) groups excluding carboxylic acids is 1. The molecule has 2 atom stereocenters. The van der Waals surface area contributed by atoms with Gasteiger partial charge in [0.25, 0.3) is 0 Å². The Labute approximate surface area is 239 Å². The number of rotatable bonds is 9. The molecule has 2 heterocycles. The number of β-amino-alcohol motifs (C(OH)–C–C–N with tert-alkyl or cyclic N) is 1. The minimum absolute atomic E-state index is 0.168. The Morgan fingerprint density at radius 3 is 2.38 bits per heavy atom. The summed E-state index contributed by atoms with van der Waals surface area (Å²) in [6, 6.07) is 11.2. The fraction of sp³-hybridized carbons (Fsp3) is 0.500. The lowest BCUT2D eigenvalue weighted by Gasteiger charge is -2.34. The quantitative estimate of drug-likeness (QED) is 0.353. The predicted molar refractivity (Wildman–Crippen MR) is 153 cm³/mol. The summed E-state index contributed by atoms with van der Waals surface area (Å²) in [5.41, 5.74) is 0.803. The topological polar surface area (TPSA) is 114 Å². The van der Waals surface area contributed by atoms with Gasteiger partial charge in [0.15, 0.2) is 5.60 Å². The molecule has 0 saturated carbocycles. The highest BCUT2D eigenvalue weighted by Crippen LogP contribution is 2.39. The van der Waals surface area contributed by atoms with E-state index in [4.69, 9.17) is 27.9 Å². The van der Waals surface area contributed by atoms with E-state index in [1.807, 2.05) is 17.0 Å². The summed E-state index contributed by atoms with van der Waals surface area (Å²) < 4.78 is 5.73. The number of ether oxygens (including phenoxy) is 1. The maximum atomic E-state index is 11.9. The summed E-state index contributed by atoms with van der Waals surface area (Å²) in [6.45, 7) is 7.91. The summed E-state index contributed by atoms with van der Waals surface area (Å²) >= 11 is 12.4. The van der Waals surface area contributed by atoms with Crippen molar-refractivity contribution in [1.29, 1.82) is 0 Å². The van der Waals surface area contributed by atoms with Crippen molar-refractivity contribution < 1.29 is 24.5 Å². The molecule has 11 heteroatoms. The number of likely N-dealkylation sites (tertiary alicyclic amines) is 1. The van der Waals surface area contributed by atoms with Crippen molar-refractivity contribution >= 4 is 46.5 Å². The molecule has 212 valence electrons. The van der Waals surface area contributed by atoms with E-state index >= 15 is 0 Å². The first-order valence-electron chi connectivity index (χ1n) is 13.1. The number of aliphatic hydroxyl groups excluding tert-OH is 1. The summed E-state index contributed by atoms with van der Waals surface area (Å²) in [7, 11) is 0. The molecule has 2 aromatic rings. The van der Waals surface area contributed by atoms with Crippen LogP contribution in [0, 0.1) is 0 Å². The zero-order valence-electron chi connectivity index (χ0n) is 22.4. The van der Waals surface area contributed by atoms with E-state index in [0.29, 0.717) is 24.5 Å². The van der Waals surface area contributed by atoms with E-state index in [-0.39, 0.29) is 28.8 Å². The van der Waals surface area contributed by atoms with Crippen molar-refractivity contribution in [2.45, 2.75) is 63.9 Å². The summed E-state index contributed by atoms with van der Waals surface area (Å²) in [6.07, 6.45) is 1.31. The molecule has 39 heavy (non-hydrogen) atoms. The number of anilines is 2. The third kappa shape index (κ3) is 7.55. The molecule has 4 N–H and O–H groups in total. The molecule has 0 aromatic heterocycles. The van der Waals surface area contributed by atoms with Gasteiger partial charge in [0.05, 0.1) is 28.5 Å². The van der Waals surface area contributed by atoms with Crippen LogP contribution in [-0.4, -0.2) is 77.0 Å². The van der Waals surface area contributed by atoms with Crippen LogP contribution in [0.15, 0.2) is 36.4 Å². The number of carbonyl (C=O) groups is 2. The Hall–Kier alpha value is -2.56. The number of hydrogen-bond acceptors (Lipinski definition) is 7. The van der Waals surface area contributed by atoms with Gasteiger partial charge in [-0.15, -0.1) is 0 Å². The van der Waals surface area contributed by atoms with Gasteiger partial charge >= 0.3 is 5.97 Å². The van der Waals surface area contributed by atoms with Crippen LogP contribution >= 0.6 is 23.2 Å². The van der Waals surface area contributed by atoms with Gasteiger partial charge < -0.3 is 30.5 Å². The molecule has 2 aliphatic rings. The Morgan fingerprint density at radius 1 is 1.10 bits per heavy atom. The van der Waals surface area contributed by atoms with Crippen molar-refractivity contribution in [2.75, 3.05) is 36.4 Å². The molecular weight excluding hydrogens is 543 g/mol. The molecule has 9 nitrogen and oxygen atoms in total. The summed E-state index contributed by atoms with van der Waals surface area (Å²) in [5.74, 6) is -1.22. The third-order valence-corrected chi connectivity index (χ3v) is 7.77. The van der Waals surface area contributed by atoms with Crippen molar-refractivity contribution in [3.63, 3.8) is 0 Å². The molecule has 0 bridgehead atoms. The fourth-order valence-electron chi connectivity index (χ4n) is 5.05. The second-order valence-electron chi connectivity index (χ2n) is 10.8. The molecule has 0 radical (unpaired) electrons. The van der Waals surface area contributed by atoms with Crippen molar-refractivity contribution in [3.8, 4) is 5.75 Å². The van der Waals surface area contributed by atoms with Crippen LogP contribution in [0.1, 0.15) is 39.2 Å². The molecule has 2 saturated heterocycles. The van der Waals surface area contributed by atoms with Crippen LogP contribution < -0.4 is 20.3 Å². The van der Waals surface area contributed by atoms with Crippen LogP contribution in [0.3, 0.4) is 0 Å². The van der Waals surface area contributed by atoms with Gasteiger partial charge in [-0.2, -0.15) is 0 Å². The number of amides is 1. The summed E-state index contributed by atoms with van der Waals surface area (Å²) in [5, 5.41) is 27.8. The van der Waals surface area contributed by atoms with Gasteiger partial charge in [-0.05, 0) is 63.5 Å². The number of benzene rings is 2. The number of halogens is 2. The predicted octanol–water partition coefficient (Wildman–Crippen LogP) is 4.00. The lowest BCUT2D eigenvalue weighted by Crippen LogP contribution is -2.49. The third-order valence-electron chi connectivity index (χ3n) is 7.23. The number of piperidine rings is 1. The smallest absolute Gasteiger partial charge is 0.347 e. The van der Waals surface area contributed by atoms with Gasteiger partial charge in [-0.1, -0.05) is 35.3 Å². The minimum atomic E-state index is -1.51. The standard InChI is InChI=1S/C28H36Cl2N4O5/c1-17(35)31-22-12-21(30)26(39-28(2,3)27(37)38)13-24(22)34-15-23(25(36)16-34)32-20-8-10-33(11-9-20)14-18-4-6-19(29)7-5-18/h4-7,12-13,20,23,25,32,36H,8-11,14-16H2,1-3H3,(H,31,35)(H,37,38)/t23?,25-/m1/s1. The van der Waals surface area contributed by atoms with Crippen LogP contribution in [-0.2, 0) is 16.1 Å². The van der Waals surface area contributed by atoms with E-state index < -0.39 is 17.7 Å².